The summed E-state index contributed by atoms with van der Waals surface area (Å²) in [6.45, 7) is 3.02. The van der Waals surface area contributed by atoms with Crippen molar-refractivity contribution >= 4 is 11.9 Å². The van der Waals surface area contributed by atoms with Crippen LogP contribution in [0, 0.1) is 11.8 Å². The quantitative estimate of drug-likeness (QED) is 0.688. The number of alkyl halides is 3. The zero-order valence-electron chi connectivity index (χ0n) is 9.97. The highest BCUT2D eigenvalue weighted by atomic mass is 19.4. The smallest absolute Gasteiger partial charge is 0.422 e. The van der Waals surface area contributed by atoms with Gasteiger partial charge in [0.25, 0.3) is 0 Å². The second-order valence-electron chi connectivity index (χ2n) is 4.62. The molecule has 18 heavy (non-hydrogen) atoms. The Hall–Kier alpha value is -1.31. The normalized spacial score (nSPS) is 21.6. The maximum absolute atomic E-state index is 12.7. The number of aliphatic carboxylic acids is 1. The van der Waals surface area contributed by atoms with Crippen LogP contribution < -0.4 is 10.6 Å². The summed E-state index contributed by atoms with van der Waals surface area (Å²) < 4.78 is 38.0. The minimum absolute atomic E-state index is 0.0590. The highest BCUT2D eigenvalue weighted by Gasteiger charge is 2.58. The van der Waals surface area contributed by atoms with Gasteiger partial charge in [-0.3, -0.25) is 4.79 Å². The van der Waals surface area contributed by atoms with Crippen molar-refractivity contribution in [3.63, 3.8) is 0 Å². The van der Waals surface area contributed by atoms with Gasteiger partial charge in [-0.05, 0) is 25.9 Å². The molecule has 2 unspecified atom stereocenters. The number of carbonyl (C=O) groups excluding carboxylic acids is 1. The van der Waals surface area contributed by atoms with Crippen molar-refractivity contribution < 1.29 is 27.9 Å². The number of carboxylic acid groups (broad SMARTS) is 1. The number of nitrogens with one attached hydrogen (secondary N) is 2. The molecule has 1 amide bonds. The minimum Gasteiger partial charge on any atom is -0.479 e. The molecule has 0 aromatic carbocycles. The van der Waals surface area contributed by atoms with Crippen LogP contribution in [0.3, 0.4) is 0 Å². The van der Waals surface area contributed by atoms with E-state index in [9.17, 15) is 22.8 Å². The van der Waals surface area contributed by atoms with Crippen molar-refractivity contribution in [3.05, 3.63) is 0 Å². The second kappa shape index (κ2) is 4.75. The lowest BCUT2D eigenvalue weighted by Crippen LogP contribution is -2.63. The van der Waals surface area contributed by atoms with Gasteiger partial charge in [-0.15, -0.1) is 0 Å². The predicted octanol–water partition coefficient (Wildman–Crippen LogP) is 0.364. The highest BCUT2D eigenvalue weighted by molar-refractivity contribution is 5.88. The first-order valence-electron chi connectivity index (χ1n) is 5.42. The van der Waals surface area contributed by atoms with Crippen LogP contribution >= 0.6 is 0 Å². The summed E-state index contributed by atoms with van der Waals surface area (Å²) in [6, 6.07) is 0. The third-order valence-corrected chi connectivity index (χ3v) is 3.30. The van der Waals surface area contributed by atoms with Gasteiger partial charge in [-0.1, -0.05) is 6.92 Å². The molecular weight excluding hydrogens is 253 g/mol. The fraction of sp³-hybridized carbons (Fsp3) is 0.800. The Kier molecular flexibility index (Phi) is 3.89. The molecule has 1 heterocycles. The molecule has 0 aromatic rings. The number of hydrogen-bond acceptors (Lipinski definition) is 3. The molecular formula is C10H15F3N2O3. The summed E-state index contributed by atoms with van der Waals surface area (Å²) in [4.78, 5) is 22.4. The number of rotatable bonds is 4. The number of halogens is 3. The molecule has 0 aromatic heterocycles. The van der Waals surface area contributed by atoms with Gasteiger partial charge in [0, 0.05) is 5.92 Å². The first kappa shape index (κ1) is 14.7. The van der Waals surface area contributed by atoms with Crippen LogP contribution in [0.5, 0.6) is 0 Å². The van der Waals surface area contributed by atoms with Crippen LogP contribution in [0.25, 0.3) is 0 Å². The lowest BCUT2D eigenvalue weighted by atomic mass is 9.87. The van der Waals surface area contributed by atoms with Gasteiger partial charge < -0.3 is 15.7 Å². The van der Waals surface area contributed by atoms with Crippen molar-refractivity contribution in [1.82, 2.24) is 10.6 Å². The van der Waals surface area contributed by atoms with E-state index < -0.39 is 29.5 Å². The average molecular weight is 268 g/mol. The second-order valence-corrected chi connectivity index (χ2v) is 4.62. The summed E-state index contributed by atoms with van der Waals surface area (Å²) in [5.41, 5.74) is -3.25. The van der Waals surface area contributed by atoms with Gasteiger partial charge in [-0.25, -0.2) is 4.79 Å². The fourth-order valence-electron chi connectivity index (χ4n) is 1.48. The topological polar surface area (TPSA) is 78.4 Å². The molecule has 1 saturated heterocycles. The van der Waals surface area contributed by atoms with Crippen molar-refractivity contribution in [1.29, 1.82) is 0 Å². The van der Waals surface area contributed by atoms with E-state index in [2.05, 4.69) is 5.32 Å². The number of carbonyl (C=O) groups is 2. The van der Waals surface area contributed by atoms with E-state index in [1.54, 1.807) is 5.32 Å². The van der Waals surface area contributed by atoms with Crippen LogP contribution in [0.1, 0.15) is 13.8 Å². The largest absolute Gasteiger partial charge is 0.479 e. The molecule has 5 nitrogen and oxygen atoms in total. The van der Waals surface area contributed by atoms with E-state index in [0.717, 1.165) is 0 Å². The van der Waals surface area contributed by atoms with Crippen molar-refractivity contribution in [2.75, 3.05) is 13.1 Å². The van der Waals surface area contributed by atoms with E-state index in [-0.39, 0.29) is 5.92 Å². The average Bonchev–Trinajstić information content (AvgIpc) is 2.12. The molecule has 0 spiro atoms. The summed E-state index contributed by atoms with van der Waals surface area (Å²) in [7, 11) is 0. The number of hydrogen-bond donors (Lipinski definition) is 3. The highest BCUT2D eigenvalue weighted by Crippen LogP contribution is 2.31. The van der Waals surface area contributed by atoms with Crippen LogP contribution in [0.4, 0.5) is 13.2 Å². The monoisotopic (exact) mass is 268 g/mol. The Morgan fingerprint density at radius 3 is 2.17 bits per heavy atom. The zero-order valence-corrected chi connectivity index (χ0v) is 9.97. The maximum atomic E-state index is 12.7. The molecule has 8 heteroatoms. The Morgan fingerprint density at radius 2 is 1.89 bits per heavy atom. The molecule has 1 aliphatic rings. The van der Waals surface area contributed by atoms with Crippen LogP contribution in [-0.2, 0) is 9.59 Å². The third-order valence-electron chi connectivity index (χ3n) is 3.30. The number of carboxylic acids is 1. The molecule has 2 atom stereocenters. The summed E-state index contributed by atoms with van der Waals surface area (Å²) >= 11 is 0. The molecule has 1 rings (SSSR count). The van der Waals surface area contributed by atoms with Crippen LogP contribution in [0.2, 0.25) is 0 Å². The molecule has 1 fully saturated rings. The Bertz CT molecular complexity index is 355. The van der Waals surface area contributed by atoms with Crippen LogP contribution in [-0.4, -0.2) is 41.8 Å². The molecule has 0 aliphatic carbocycles. The van der Waals surface area contributed by atoms with E-state index in [4.69, 9.17) is 5.11 Å². The molecule has 0 radical (unpaired) electrons. The van der Waals surface area contributed by atoms with Gasteiger partial charge in [0.15, 0.2) is 0 Å². The van der Waals surface area contributed by atoms with Crippen molar-refractivity contribution in [2.45, 2.75) is 25.6 Å². The molecule has 104 valence electrons. The SMILES string of the molecule is CC(C(=O)NC(C)(C(=O)O)C(F)(F)F)C1CNC1. The first-order chi connectivity index (χ1) is 8.09. The Labute approximate surface area is 102 Å². The number of amides is 1. The van der Waals surface area contributed by atoms with Gasteiger partial charge in [0.2, 0.25) is 11.4 Å². The van der Waals surface area contributed by atoms with E-state index in [1.807, 2.05) is 0 Å². The molecule has 3 N–H and O–H groups in total. The summed E-state index contributed by atoms with van der Waals surface area (Å²) in [6.07, 6.45) is -5.05. The summed E-state index contributed by atoms with van der Waals surface area (Å²) in [5, 5.41) is 13.1. The molecule has 0 bridgehead atoms. The fourth-order valence-corrected chi connectivity index (χ4v) is 1.48. The third kappa shape index (κ3) is 2.58. The predicted molar refractivity (Wildman–Crippen MR) is 55.8 cm³/mol. The van der Waals surface area contributed by atoms with Gasteiger partial charge in [-0.2, -0.15) is 13.2 Å². The first-order valence-corrected chi connectivity index (χ1v) is 5.42. The van der Waals surface area contributed by atoms with Gasteiger partial charge in [0.05, 0.1) is 0 Å². The Balaban J connectivity index is 2.78. The van der Waals surface area contributed by atoms with E-state index in [0.29, 0.717) is 20.0 Å². The standard InChI is InChI=1S/C10H15F3N2O3/c1-5(6-3-14-4-6)7(16)15-9(2,8(17)18)10(11,12)13/h5-6,14H,3-4H2,1-2H3,(H,15,16)(H,17,18). The van der Waals surface area contributed by atoms with Gasteiger partial charge in [0.1, 0.15) is 0 Å². The van der Waals surface area contributed by atoms with Crippen molar-refractivity contribution in [2.24, 2.45) is 11.8 Å². The van der Waals surface area contributed by atoms with E-state index in [1.165, 1.54) is 6.92 Å². The summed E-state index contributed by atoms with van der Waals surface area (Å²) in [5.74, 6) is -3.74. The van der Waals surface area contributed by atoms with Crippen LogP contribution in [0.15, 0.2) is 0 Å². The maximum Gasteiger partial charge on any atom is 0.422 e. The minimum atomic E-state index is -5.05. The molecule has 1 aliphatic heterocycles. The lowest BCUT2D eigenvalue weighted by Gasteiger charge is -2.35. The van der Waals surface area contributed by atoms with Gasteiger partial charge >= 0.3 is 12.1 Å². The lowest BCUT2D eigenvalue weighted by molar-refractivity contribution is -0.207. The zero-order chi connectivity index (χ0) is 14.1. The Morgan fingerprint density at radius 1 is 1.39 bits per heavy atom. The van der Waals surface area contributed by atoms with E-state index >= 15 is 0 Å². The van der Waals surface area contributed by atoms with Crippen molar-refractivity contribution in [3.8, 4) is 0 Å². The molecule has 0 saturated carbocycles.